The van der Waals surface area contributed by atoms with Crippen LogP contribution in [0.1, 0.15) is 37.7 Å². The third-order valence-electron chi connectivity index (χ3n) is 3.95. The van der Waals surface area contributed by atoms with Gasteiger partial charge >= 0.3 is 0 Å². The SMILES string of the molecule is CCCC(CCO)CNC(=O)C1CNc2ccccc21. The topological polar surface area (TPSA) is 61.4 Å². The van der Waals surface area contributed by atoms with Gasteiger partial charge in [-0.05, 0) is 30.4 Å². The van der Waals surface area contributed by atoms with Gasteiger partial charge in [-0.15, -0.1) is 0 Å². The van der Waals surface area contributed by atoms with Crippen molar-refractivity contribution in [1.82, 2.24) is 5.32 Å². The minimum absolute atomic E-state index is 0.0847. The highest BCUT2D eigenvalue weighted by Gasteiger charge is 2.28. The van der Waals surface area contributed by atoms with Crippen molar-refractivity contribution < 1.29 is 9.90 Å². The molecule has 2 atom stereocenters. The van der Waals surface area contributed by atoms with Gasteiger partial charge in [0, 0.05) is 25.4 Å². The number of aliphatic hydroxyl groups is 1. The van der Waals surface area contributed by atoms with Crippen LogP contribution in [-0.4, -0.2) is 30.7 Å². The average Bonchev–Trinajstić information content (AvgIpc) is 2.89. The second-order valence-electron chi connectivity index (χ2n) is 5.43. The van der Waals surface area contributed by atoms with E-state index in [1.165, 1.54) is 0 Å². The van der Waals surface area contributed by atoms with Crippen LogP contribution in [0.25, 0.3) is 0 Å². The van der Waals surface area contributed by atoms with Gasteiger partial charge in [-0.2, -0.15) is 0 Å². The van der Waals surface area contributed by atoms with Gasteiger partial charge in [-0.3, -0.25) is 4.79 Å². The van der Waals surface area contributed by atoms with Crippen molar-refractivity contribution in [1.29, 1.82) is 0 Å². The summed E-state index contributed by atoms with van der Waals surface area (Å²) in [7, 11) is 0. The molecule has 4 heteroatoms. The van der Waals surface area contributed by atoms with Crippen molar-refractivity contribution in [2.75, 3.05) is 25.0 Å². The van der Waals surface area contributed by atoms with Crippen LogP contribution >= 0.6 is 0 Å². The van der Waals surface area contributed by atoms with Crippen LogP contribution < -0.4 is 10.6 Å². The Kier molecular flexibility index (Phi) is 5.41. The molecule has 2 unspecified atom stereocenters. The van der Waals surface area contributed by atoms with Gasteiger partial charge in [0.15, 0.2) is 0 Å². The molecule has 0 aliphatic carbocycles. The summed E-state index contributed by atoms with van der Waals surface area (Å²) in [6, 6.07) is 7.97. The molecule has 0 fully saturated rings. The minimum Gasteiger partial charge on any atom is -0.396 e. The molecule has 1 aliphatic heterocycles. The summed E-state index contributed by atoms with van der Waals surface area (Å²) in [5, 5.41) is 15.4. The highest BCUT2D eigenvalue weighted by atomic mass is 16.3. The minimum atomic E-state index is -0.0948. The molecule has 0 bridgehead atoms. The number of benzene rings is 1. The number of para-hydroxylation sites is 1. The molecule has 3 N–H and O–H groups in total. The zero-order valence-electron chi connectivity index (χ0n) is 12.1. The fraction of sp³-hybridized carbons (Fsp3) is 0.562. The second-order valence-corrected chi connectivity index (χ2v) is 5.43. The van der Waals surface area contributed by atoms with Crippen LogP contribution in [0, 0.1) is 5.92 Å². The Balaban J connectivity index is 1.89. The number of anilines is 1. The van der Waals surface area contributed by atoms with Crippen molar-refractivity contribution in [2.45, 2.75) is 32.1 Å². The molecule has 4 nitrogen and oxygen atoms in total. The monoisotopic (exact) mass is 276 g/mol. The third-order valence-corrected chi connectivity index (χ3v) is 3.95. The lowest BCUT2D eigenvalue weighted by Crippen LogP contribution is -2.34. The maximum Gasteiger partial charge on any atom is 0.229 e. The Morgan fingerprint density at radius 1 is 1.45 bits per heavy atom. The Morgan fingerprint density at radius 2 is 2.25 bits per heavy atom. The van der Waals surface area contributed by atoms with E-state index in [2.05, 4.69) is 17.6 Å². The summed E-state index contributed by atoms with van der Waals surface area (Å²) in [6.45, 7) is 3.65. The number of amides is 1. The summed E-state index contributed by atoms with van der Waals surface area (Å²) >= 11 is 0. The molecule has 1 aromatic carbocycles. The van der Waals surface area contributed by atoms with Gasteiger partial charge in [-0.25, -0.2) is 0 Å². The molecule has 0 saturated carbocycles. The van der Waals surface area contributed by atoms with Gasteiger partial charge in [0.25, 0.3) is 0 Å². The van der Waals surface area contributed by atoms with Gasteiger partial charge in [0.1, 0.15) is 0 Å². The zero-order valence-corrected chi connectivity index (χ0v) is 12.1. The first kappa shape index (κ1) is 14.9. The summed E-state index contributed by atoms with van der Waals surface area (Å²) in [4.78, 5) is 12.3. The van der Waals surface area contributed by atoms with Crippen LogP contribution in [0.2, 0.25) is 0 Å². The lowest BCUT2D eigenvalue weighted by molar-refractivity contribution is -0.122. The number of hydrogen-bond donors (Lipinski definition) is 3. The summed E-state index contributed by atoms with van der Waals surface area (Å²) in [6.07, 6.45) is 2.88. The molecule has 1 amide bonds. The number of carbonyl (C=O) groups excluding carboxylic acids is 1. The maximum absolute atomic E-state index is 12.3. The smallest absolute Gasteiger partial charge is 0.229 e. The first-order valence-corrected chi connectivity index (χ1v) is 7.47. The number of nitrogens with one attached hydrogen (secondary N) is 2. The largest absolute Gasteiger partial charge is 0.396 e. The quantitative estimate of drug-likeness (QED) is 0.715. The van der Waals surface area contributed by atoms with E-state index in [0.717, 1.165) is 30.5 Å². The molecule has 2 rings (SSSR count). The van der Waals surface area contributed by atoms with E-state index in [4.69, 9.17) is 5.11 Å². The molecule has 0 spiro atoms. The fourth-order valence-corrected chi connectivity index (χ4v) is 2.83. The highest BCUT2D eigenvalue weighted by molar-refractivity contribution is 5.88. The predicted molar refractivity (Wildman–Crippen MR) is 80.8 cm³/mol. The fourth-order valence-electron chi connectivity index (χ4n) is 2.83. The van der Waals surface area contributed by atoms with Crippen LogP contribution in [0.4, 0.5) is 5.69 Å². The average molecular weight is 276 g/mol. The molecular weight excluding hydrogens is 252 g/mol. The van der Waals surface area contributed by atoms with E-state index in [9.17, 15) is 4.79 Å². The number of fused-ring (bicyclic) bond motifs is 1. The molecule has 1 aromatic rings. The summed E-state index contributed by atoms with van der Waals surface area (Å²) in [5.74, 6) is 0.364. The Hall–Kier alpha value is -1.55. The van der Waals surface area contributed by atoms with E-state index in [1.807, 2.05) is 24.3 Å². The van der Waals surface area contributed by atoms with Crippen LogP contribution in [-0.2, 0) is 4.79 Å². The molecular formula is C16H24N2O2. The van der Waals surface area contributed by atoms with Crippen molar-refractivity contribution in [3.63, 3.8) is 0 Å². The lowest BCUT2D eigenvalue weighted by Gasteiger charge is -2.17. The van der Waals surface area contributed by atoms with E-state index >= 15 is 0 Å². The van der Waals surface area contributed by atoms with Crippen molar-refractivity contribution in [3.8, 4) is 0 Å². The predicted octanol–water partition coefficient (Wildman–Crippen LogP) is 2.11. The number of carbonyl (C=O) groups is 1. The first-order chi connectivity index (χ1) is 9.76. The molecule has 110 valence electrons. The molecule has 1 aliphatic rings. The normalized spacial score (nSPS) is 18.2. The Bertz CT molecular complexity index is 442. The van der Waals surface area contributed by atoms with Gasteiger partial charge < -0.3 is 15.7 Å². The zero-order chi connectivity index (χ0) is 14.4. The molecule has 0 radical (unpaired) electrons. The second kappa shape index (κ2) is 7.29. The van der Waals surface area contributed by atoms with E-state index in [0.29, 0.717) is 19.0 Å². The van der Waals surface area contributed by atoms with Crippen LogP contribution in [0.5, 0.6) is 0 Å². The van der Waals surface area contributed by atoms with Gasteiger partial charge in [0.05, 0.1) is 5.92 Å². The molecule has 0 aromatic heterocycles. The molecule has 0 saturated heterocycles. The number of rotatable bonds is 7. The van der Waals surface area contributed by atoms with Gasteiger partial charge in [0.2, 0.25) is 5.91 Å². The van der Waals surface area contributed by atoms with Crippen molar-refractivity contribution in [2.24, 2.45) is 5.92 Å². The van der Waals surface area contributed by atoms with E-state index in [-0.39, 0.29) is 18.4 Å². The highest BCUT2D eigenvalue weighted by Crippen LogP contribution is 2.31. The first-order valence-electron chi connectivity index (χ1n) is 7.47. The van der Waals surface area contributed by atoms with Crippen molar-refractivity contribution in [3.05, 3.63) is 29.8 Å². The maximum atomic E-state index is 12.3. The molecule has 20 heavy (non-hydrogen) atoms. The van der Waals surface area contributed by atoms with Crippen molar-refractivity contribution >= 4 is 11.6 Å². The standard InChI is InChI=1S/C16H24N2O2/c1-2-5-12(8-9-19)10-18-16(20)14-11-17-15-7-4-3-6-13(14)15/h3-4,6-7,12,14,17,19H,2,5,8-11H2,1H3,(H,18,20). The van der Waals surface area contributed by atoms with E-state index in [1.54, 1.807) is 0 Å². The number of aliphatic hydroxyl groups excluding tert-OH is 1. The van der Waals surface area contributed by atoms with Crippen LogP contribution in [0.3, 0.4) is 0 Å². The summed E-state index contributed by atoms with van der Waals surface area (Å²) < 4.78 is 0. The Labute approximate surface area is 120 Å². The Morgan fingerprint density at radius 3 is 3.00 bits per heavy atom. The number of hydrogen-bond acceptors (Lipinski definition) is 3. The van der Waals surface area contributed by atoms with E-state index < -0.39 is 0 Å². The van der Waals surface area contributed by atoms with Crippen LogP contribution in [0.15, 0.2) is 24.3 Å². The summed E-state index contributed by atoms with van der Waals surface area (Å²) in [5.41, 5.74) is 2.15. The third kappa shape index (κ3) is 3.51. The van der Waals surface area contributed by atoms with Gasteiger partial charge in [-0.1, -0.05) is 31.5 Å². The molecule has 1 heterocycles. The lowest BCUT2D eigenvalue weighted by atomic mass is 9.98.